The standard InChI is InChI=1S/C18H20N6/c1-11(2)14-16-18(24(4)22-14)20-17(19-16)13-10-23(3)21-15(13)12-8-6-5-7-9-12/h5-11H,1-4H3,(H,19,20). The highest BCUT2D eigenvalue weighted by Gasteiger charge is 2.20. The van der Waals surface area contributed by atoms with Crippen LogP contribution in [0.15, 0.2) is 36.5 Å². The first-order valence-electron chi connectivity index (χ1n) is 8.06. The van der Waals surface area contributed by atoms with Crippen molar-refractivity contribution in [3.05, 3.63) is 42.2 Å². The molecular weight excluding hydrogens is 300 g/mol. The van der Waals surface area contributed by atoms with Crippen LogP contribution in [-0.4, -0.2) is 29.5 Å². The fraction of sp³-hybridized carbons (Fsp3) is 0.278. The van der Waals surface area contributed by atoms with Crippen molar-refractivity contribution in [2.45, 2.75) is 19.8 Å². The van der Waals surface area contributed by atoms with Crippen molar-refractivity contribution in [3.8, 4) is 22.6 Å². The van der Waals surface area contributed by atoms with E-state index in [1.807, 2.05) is 47.9 Å². The van der Waals surface area contributed by atoms with Crippen LogP contribution in [0.3, 0.4) is 0 Å². The maximum absolute atomic E-state index is 4.78. The van der Waals surface area contributed by atoms with Crippen molar-refractivity contribution in [1.82, 2.24) is 29.5 Å². The molecule has 6 heteroatoms. The van der Waals surface area contributed by atoms with Crippen molar-refractivity contribution in [1.29, 1.82) is 0 Å². The van der Waals surface area contributed by atoms with E-state index in [1.54, 1.807) is 0 Å². The van der Waals surface area contributed by atoms with E-state index in [9.17, 15) is 0 Å². The van der Waals surface area contributed by atoms with Crippen LogP contribution in [0.5, 0.6) is 0 Å². The number of hydrogen-bond donors (Lipinski definition) is 1. The summed E-state index contributed by atoms with van der Waals surface area (Å²) in [5.41, 5.74) is 5.92. The topological polar surface area (TPSA) is 64.3 Å². The molecule has 122 valence electrons. The molecular formula is C18H20N6. The molecule has 4 rings (SSSR count). The zero-order chi connectivity index (χ0) is 16.8. The maximum atomic E-state index is 4.78. The smallest absolute Gasteiger partial charge is 0.176 e. The lowest BCUT2D eigenvalue weighted by atomic mass is 10.1. The number of nitrogens with one attached hydrogen (secondary N) is 1. The van der Waals surface area contributed by atoms with Gasteiger partial charge < -0.3 is 4.98 Å². The first-order chi connectivity index (χ1) is 11.5. The van der Waals surface area contributed by atoms with Gasteiger partial charge in [-0.3, -0.25) is 4.68 Å². The minimum atomic E-state index is 0.337. The summed E-state index contributed by atoms with van der Waals surface area (Å²) in [4.78, 5) is 8.23. The Morgan fingerprint density at radius 3 is 2.50 bits per heavy atom. The molecule has 0 saturated heterocycles. The predicted octanol–water partition coefficient (Wildman–Crippen LogP) is 3.49. The molecule has 3 aromatic heterocycles. The van der Waals surface area contributed by atoms with E-state index in [2.05, 4.69) is 41.2 Å². The van der Waals surface area contributed by atoms with E-state index in [-0.39, 0.29) is 0 Å². The predicted molar refractivity (Wildman–Crippen MR) is 94.6 cm³/mol. The zero-order valence-corrected chi connectivity index (χ0v) is 14.3. The number of H-pyrrole nitrogens is 1. The molecule has 0 spiro atoms. The molecule has 24 heavy (non-hydrogen) atoms. The largest absolute Gasteiger partial charge is 0.335 e. The van der Waals surface area contributed by atoms with Crippen LogP contribution < -0.4 is 0 Å². The quantitative estimate of drug-likeness (QED) is 0.628. The van der Waals surface area contributed by atoms with Crippen molar-refractivity contribution >= 4 is 11.2 Å². The molecule has 0 aliphatic rings. The van der Waals surface area contributed by atoms with Gasteiger partial charge in [0.1, 0.15) is 17.0 Å². The molecule has 0 unspecified atom stereocenters. The Kier molecular flexibility index (Phi) is 3.26. The summed E-state index contributed by atoms with van der Waals surface area (Å²) < 4.78 is 3.66. The van der Waals surface area contributed by atoms with Gasteiger partial charge in [0.2, 0.25) is 0 Å². The second-order valence-corrected chi connectivity index (χ2v) is 6.38. The van der Waals surface area contributed by atoms with Gasteiger partial charge in [-0.1, -0.05) is 44.2 Å². The van der Waals surface area contributed by atoms with E-state index in [4.69, 9.17) is 4.98 Å². The zero-order valence-electron chi connectivity index (χ0n) is 14.3. The Labute approximate surface area is 140 Å². The third kappa shape index (κ3) is 2.22. The lowest BCUT2D eigenvalue weighted by Crippen LogP contribution is -1.95. The average Bonchev–Trinajstić information content (AvgIpc) is 3.23. The van der Waals surface area contributed by atoms with Gasteiger partial charge in [-0.2, -0.15) is 10.2 Å². The van der Waals surface area contributed by atoms with Crippen molar-refractivity contribution in [2.75, 3.05) is 0 Å². The third-order valence-corrected chi connectivity index (χ3v) is 4.18. The highest BCUT2D eigenvalue weighted by molar-refractivity contribution is 5.84. The Morgan fingerprint density at radius 2 is 1.79 bits per heavy atom. The summed E-state index contributed by atoms with van der Waals surface area (Å²) >= 11 is 0. The molecule has 0 aliphatic heterocycles. The van der Waals surface area contributed by atoms with E-state index in [0.717, 1.165) is 39.5 Å². The molecule has 1 N–H and O–H groups in total. The monoisotopic (exact) mass is 320 g/mol. The van der Waals surface area contributed by atoms with Crippen LogP contribution in [-0.2, 0) is 14.1 Å². The molecule has 1 aromatic carbocycles. The van der Waals surface area contributed by atoms with Gasteiger partial charge in [0.05, 0.1) is 11.3 Å². The Bertz CT molecular complexity index is 1000. The molecule has 4 aromatic rings. The molecule has 0 amide bonds. The first-order valence-corrected chi connectivity index (χ1v) is 8.06. The molecule has 0 radical (unpaired) electrons. The first kappa shape index (κ1) is 14.7. The minimum absolute atomic E-state index is 0.337. The summed E-state index contributed by atoms with van der Waals surface area (Å²) in [6.45, 7) is 4.28. The number of aryl methyl sites for hydroxylation is 2. The van der Waals surface area contributed by atoms with Crippen LogP contribution in [0.25, 0.3) is 33.8 Å². The Morgan fingerprint density at radius 1 is 1.04 bits per heavy atom. The van der Waals surface area contributed by atoms with Crippen LogP contribution in [0, 0.1) is 0 Å². The van der Waals surface area contributed by atoms with Gasteiger partial charge in [0.15, 0.2) is 5.65 Å². The Hall–Kier alpha value is -2.89. The number of aromatic amines is 1. The number of hydrogen-bond acceptors (Lipinski definition) is 3. The van der Waals surface area contributed by atoms with Crippen LogP contribution in [0.4, 0.5) is 0 Å². The van der Waals surface area contributed by atoms with Gasteiger partial charge in [-0.05, 0) is 5.92 Å². The number of imidazole rings is 1. The number of benzene rings is 1. The summed E-state index contributed by atoms with van der Waals surface area (Å²) in [5, 5.41) is 9.20. The summed E-state index contributed by atoms with van der Waals surface area (Å²) in [6.07, 6.45) is 2.00. The van der Waals surface area contributed by atoms with E-state index >= 15 is 0 Å². The van der Waals surface area contributed by atoms with Gasteiger partial charge in [-0.25, -0.2) is 9.67 Å². The number of nitrogens with zero attached hydrogens (tertiary/aromatic N) is 5. The SMILES string of the molecule is CC(C)c1nn(C)c2nc(-c3cn(C)nc3-c3ccccc3)[nH]c12. The highest BCUT2D eigenvalue weighted by atomic mass is 15.3. The maximum Gasteiger partial charge on any atom is 0.176 e. The van der Waals surface area contributed by atoms with Gasteiger partial charge >= 0.3 is 0 Å². The lowest BCUT2D eigenvalue weighted by molar-refractivity contribution is 0.722. The Balaban J connectivity index is 1.91. The van der Waals surface area contributed by atoms with Gasteiger partial charge in [-0.15, -0.1) is 0 Å². The lowest BCUT2D eigenvalue weighted by Gasteiger charge is -2.01. The molecule has 0 atom stereocenters. The average molecular weight is 320 g/mol. The molecule has 6 nitrogen and oxygen atoms in total. The molecule has 0 bridgehead atoms. The van der Waals surface area contributed by atoms with Crippen molar-refractivity contribution < 1.29 is 0 Å². The van der Waals surface area contributed by atoms with Crippen LogP contribution in [0.2, 0.25) is 0 Å². The van der Waals surface area contributed by atoms with Crippen molar-refractivity contribution in [2.24, 2.45) is 14.1 Å². The summed E-state index contributed by atoms with van der Waals surface area (Å²) in [7, 11) is 3.86. The molecule has 0 fully saturated rings. The number of rotatable bonds is 3. The third-order valence-electron chi connectivity index (χ3n) is 4.18. The molecule has 0 aliphatic carbocycles. The summed E-state index contributed by atoms with van der Waals surface area (Å²) in [5.74, 6) is 1.16. The fourth-order valence-corrected chi connectivity index (χ4v) is 3.04. The van der Waals surface area contributed by atoms with E-state index in [1.165, 1.54) is 0 Å². The van der Waals surface area contributed by atoms with Gasteiger partial charge in [0.25, 0.3) is 0 Å². The van der Waals surface area contributed by atoms with E-state index in [0.29, 0.717) is 5.92 Å². The fourth-order valence-electron chi connectivity index (χ4n) is 3.04. The summed E-state index contributed by atoms with van der Waals surface area (Å²) in [6, 6.07) is 10.2. The second-order valence-electron chi connectivity index (χ2n) is 6.38. The van der Waals surface area contributed by atoms with Crippen molar-refractivity contribution in [3.63, 3.8) is 0 Å². The normalized spacial score (nSPS) is 11.7. The second kappa shape index (κ2) is 5.33. The number of fused-ring (bicyclic) bond motifs is 1. The van der Waals surface area contributed by atoms with Crippen LogP contribution >= 0.6 is 0 Å². The highest BCUT2D eigenvalue weighted by Crippen LogP contribution is 2.31. The molecule has 3 heterocycles. The van der Waals surface area contributed by atoms with Gasteiger partial charge in [0, 0.05) is 25.9 Å². The molecule has 0 saturated carbocycles. The van der Waals surface area contributed by atoms with Crippen LogP contribution in [0.1, 0.15) is 25.5 Å². The minimum Gasteiger partial charge on any atom is -0.335 e. The van der Waals surface area contributed by atoms with E-state index < -0.39 is 0 Å². The number of aromatic nitrogens is 6.